The van der Waals surface area contributed by atoms with Crippen LogP contribution in [0.15, 0.2) is 31.8 Å². The van der Waals surface area contributed by atoms with Gasteiger partial charge in [-0.1, -0.05) is 13.3 Å². The summed E-state index contributed by atoms with van der Waals surface area (Å²) in [5.41, 5.74) is 0.400. The van der Waals surface area contributed by atoms with Crippen LogP contribution in [0.2, 0.25) is 0 Å². The molecular formula is C16H12O9. The molecule has 9 nitrogen and oxygen atoms in total. The Morgan fingerprint density at radius 2 is 1.60 bits per heavy atom. The van der Waals surface area contributed by atoms with E-state index in [2.05, 4.69) is 9.47 Å². The predicted molar refractivity (Wildman–Crippen MR) is 83.6 cm³/mol. The van der Waals surface area contributed by atoms with Crippen molar-refractivity contribution in [1.82, 2.24) is 0 Å². The van der Waals surface area contributed by atoms with E-state index in [1.54, 1.807) is 0 Å². The molecule has 2 aromatic heterocycles. The molecule has 1 aromatic carbocycles. The first-order valence-electron chi connectivity index (χ1n) is 7.24. The second-order valence-corrected chi connectivity index (χ2v) is 5.13. The molecule has 0 aliphatic rings. The SMILES string of the molecule is CCCc1c2oc(OC(=O)O)cc2cc2c(=O)cc(OC(=O)O)oc12. The normalized spacial score (nSPS) is 10.9. The van der Waals surface area contributed by atoms with Gasteiger partial charge in [0.25, 0.3) is 11.9 Å². The van der Waals surface area contributed by atoms with Gasteiger partial charge in [0.05, 0.1) is 11.5 Å². The first-order valence-corrected chi connectivity index (χ1v) is 7.24. The van der Waals surface area contributed by atoms with E-state index >= 15 is 0 Å². The topological polar surface area (TPSA) is 136 Å². The molecular weight excluding hydrogens is 336 g/mol. The van der Waals surface area contributed by atoms with Gasteiger partial charge in [0.2, 0.25) is 0 Å². The zero-order valence-corrected chi connectivity index (χ0v) is 12.9. The molecule has 25 heavy (non-hydrogen) atoms. The minimum Gasteiger partial charge on any atom is -0.449 e. The minimum atomic E-state index is -1.62. The summed E-state index contributed by atoms with van der Waals surface area (Å²) >= 11 is 0. The number of hydrogen-bond donors (Lipinski definition) is 2. The maximum absolute atomic E-state index is 12.3. The summed E-state index contributed by atoms with van der Waals surface area (Å²) in [5, 5.41) is 18.0. The highest BCUT2D eigenvalue weighted by Gasteiger charge is 2.19. The zero-order chi connectivity index (χ0) is 18.1. The predicted octanol–water partition coefficient (Wildman–Crippen LogP) is 3.61. The number of carboxylic acid groups (broad SMARTS) is 2. The van der Waals surface area contributed by atoms with E-state index < -0.39 is 23.7 Å². The van der Waals surface area contributed by atoms with Crippen molar-refractivity contribution in [2.75, 3.05) is 0 Å². The fourth-order valence-electron chi connectivity index (χ4n) is 2.58. The molecule has 3 rings (SSSR count). The average molecular weight is 348 g/mol. The van der Waals surface area contributed by atoms with Crippen molar-refractivity contribution in [2.45, 2.75) is 19.8 Å². The van der Waals surface area contributed by atoms with Crippen LogP contribution in [0.1, 0.15) is 18.9 Å². The number of fused-ring (bicyclic) bond motifs is 2. The molecule has 0 saturated carbocycles. The van der Waals surface area contributed by atoms with Gasteiger partial charge in [-0.25, -0.2) is 9.59 Å². The smallest absolute Gasteiger partial charge is 0.449 e. The lowest BCUT2D eigenvalue weighted by molar-refractivity contribution is 0.132. The zero-order valence-electron chi connectivity index (χ0n) is 12.9. The molecule has 9 heteroatoms. The first-order chi connectivity index (χ1) is 11.9. The van der Waals surface area contributed by atoms with Gasteiger partial charge >= 0.3 is 12.3 Å². The number of aryl methyl sites for hydroxylation is 1. The van der Waals surface area contributed by atoms with Crippen LogP contribution in [-0.2, 0) is 6.42 Å². The number of hydrogen-bond acceptors (Lipinski definition) is 7. The quantitative estimate of drug-likeness (QED) is 0.677. The minimum absolute atomic E-state index is 0.120. The Balaban J connectivity index is 2.31. The molecule has 0 fully saturated rings. The molecule has 3 aromatic rings. The standard InChI is InChI=1S/C16H12O9/c1-2-3-8-13-7(5-11(22-13)24-15(18)19)4-9-10(17)6-12(23-14(8)9)25-16(20)21/h4-6H,2-3H2,1H3,(H,18,19)(H,20,21). The maximum Gasteiger partial charge on any atom is 0.513 e. The summed E-state index contributed by atoms with van der Waals surface area (Å²) in [6.07, 6.45) is -2.05. The monoisotopic (exact) mass is 348 g/mol. The van der Waals surface area contributed by atoms with Crippen LogP contribution in [0.3, 0.4) is 0 Å². The van der Waals surface area contributed by atoms with E-state index in [4.69, 9.17) is 19.0 Å². The Hall–Kier alpha value is -3.49. The molecule has 0 aliphatic heterocycles. The summed E-state index contributed by atoms with van der Waals surface area (Å²) in [4.78, 5) is 33.6. The van der Waals surface area contributed by atoms with Crippen molar-refractivity contribution in [3.05, 3.63) is 34.0 Å². The number of rotatable bonds is 4. The molecule has 2 heterocycles. The lowest BCUT2D eigenvalue weighted by Crippen LogP contribution is -2.08. The van der Waals surface area contributed by atoms with Crippen LogP contribution in [0.4, 0.5) is 9.59 Å². The highest BCUT2D eigenvalue weighted by Crippen LogP contribution is 2.34. The van der Waals surface area contributed by atoms with Crippen molar-refractivity contribution < 1.29 is 38.1 Å². The van der Waals surface area contributed by atoms with Gasteiger partial charge in [-0.15, -0.1) is 0 Å². The van der Waals surface area contributed by atoms with Gasteiger partial charge in [0.15, 0.2) is 5.43 Å². The third-order valence-corrected chi connectivity index (χ3v) is 3.42. The van der Waals surface area contributed by atoms with Gasteiger partial charge in [-0.05, 0) is 12.5 Å². The van der Waals surface area contributed by atoms with Crippen molar-refractivity contribution in [3.8, 4) is 11.9 Å². The summed E-state index contributed by atoms with van der Waals surface area (Å²) in [7, 11) is 0. The molecule has 0 spiro atoms. The second kappa shape index (κ2) is 6.19. The average Bonchev–Trinajstić information content (AvgIpc) is 2.89. The van der Waals surface area contributed by atoms with Gasteiger partial charge in [0.1, 0.15) is 11.2 Å². The maximum atomic E-state index is 12.3. The van der Waals surface area contributed by atoms with Crippen LogP contribution >= 0.6 is 0 Å². The van der Waals surface area contributed by atoms with E-state index in [-0.39, 0.29) is 16.9 Å². The van der Waals surface area contributed by atoms with Crippen molar-refractivity contribution in [1.29, 1.82) is 0 Å². The molecule has 2 N–H and O–H groups in total. The Bertz CT molecular complexity index is 1040. The van der Waals surface area contributed by atoms with Gasteiger partial charge in [-0.3, -0.25) is 4.79 Å². The van der Waals surface area contributed by atoms with Crippen molar-refractivity contribution in [3.63, 3.8) is 0 Å². The van der Waals surface area contributed by atoms with E-state index in [1.165, 1.54) is 12.1 Å². The van der Waals surface area contributed by atoms with E-state index in [0.29, 0.717) is 29.4 Å². The Labute approximate surface area is 139 Å². The van der Waals surface area contributed by atoms with Gasteiger partial charge < -0.3 is 28.5 Å². The Kier molecular flexibility index (Phi) is 4.05. The second-order valence-electron chi connectivity index (χ2n) is 5.13. The summed E-state index contributed by atoms with van der Waals surface area (Å²) < 4.78 is 19.8. The van der Waals surface area contributed by atoms with Crippen LogP contribution in [-0.4, -0.2) is 22.5 Å². The highest BCUT2D eigenvalue weighted by atomic mass is 16.7. The van der Waals surface area contributed by atoms with E-state index in [1.807, 2.05) is 6.92 Å². The Morgan fingerprint density at radius 1 is 1.00 bits per heavy atom. The van der Waals surface area contributed by atoms with Gasteiger partial charge in [0, 0.05) is 17.0 Å². The lowest BCUT2D eigenvalue weighted by Gasteiger charge is -2.07. The van der Waals surface area contributed by atoms with Crippen LogP contribution < -0.4 is 14.9 Å². The molecule has 0 radical (unpaired) electrons. The van der Waals surface area contributed by atoms with Crippen molar-refractivity contribution >= 4 is 34.2 Å². The van der Waals surface area contributed by atoms with Gasteiger partial charge in [-0.2, -0.15) is 0 Å². The molecule has 0 bridgehead atoms. The number of carbonyl (C=O) groups is 2. The number of ether oxygens (including phenoxy) is 2. The fraction of sp³-hybridized carbons (Fsp3) is 0.188. The molecule has 130 valence electrons. The fourth-order valence-corrected chi connectivity index (χ4v) is 2.58. The number of furan rings is 1. The molecule has 0 aliphatic carbocycles. The third kappa shape index (κ3) is 3.11. The van der Waals surface area contributed by atoms with Crippen LogP contribution in [0.5, 0.6) is 11.9 Å². The molecule has 0 amide bonds. The van der Waals surface area contributed by atoms with Crippen molar-refractivity contribution in [2.24, 2.45) is 0 Å². The Morgan fingerprint density at radius 3 is 2.20 bits per heavy atom. The summed E-state index contributed by atoms with van der Waals surface area (Å²) in [6.45, 7) is 1.89. The third-order valence-electron chi connectivity index (χ3n) is 3.42. The largest absolute Gasteiger partial charge is 0.513 e. The number of benzene rings is 1. The first kappa shape index (κ1) is 16.4. The molecule has 0 atom stereocenters. The summed E-state index contributed by atoms with van der Waals surface area (Å²) in [6, 6.07) is 3.73. The molecule has 0 saturated heterocycles. The summed E-state index contributed by atoms with van der Waals surface area (Å²) in [5.74, 6) is -0.708. The van der Waals surface area contributed by atoms with Crippen LogP contribution in [0, 0.1) is 0 Å². The van der Waals surface area contributed by atoms with E-state index in [0.717, 1.165) is 6.07 Å². The lowest BCUT2D eigenvalue weighted by atomic mass is 10.0. The van der Waals surface area contributed by atoms with E-state index in [9.17, 15) is 14.4 Å². The highest BCUT2D eigenvalue weighted by molar-refractivity contribution is 5.97. The van der Waals surface area contributed by atoms with Crippen LogP contribution in [0.25, 0.3) is 21.9 Å². The molecule has 0 unspecified atom stereocenters.